The van der Waals surface area contributed by atoms with Crippen molar-refractivity contribution < 1.29 is 5.11 Å². The lowest BCUT2D eigenvalue weighted by Gasteiger charge is -2.41. The summed E-state index contributed by atoms with van der Waals surface area (Å²) in [5.74, 6) is 0. The van der Waals surface area contributed by atoms with E-state index < -0.39 is 0 Å². The number of rotatable bonds is 1. The van der Waals surface area contributed by atoms with E-state index >= 15 is 0 Å². The topological polar surface area (TPSA) is 23.5 Å². The maximum absolute atomic E-state index is 10.4. The van der Waals surface area contributed by atoms with Gasteiger partial charge in [-0.1, -0.05) is 29.7 Å². The van der Waals surface area contributed by atoms with Gasteiger partial charge in [0.05, 0.1) is 6.10 Å². The van der Waals surface area contributed by atoms with Crippen LogP contribution in [0.5, 0.6) is 0 Å². The predicted molar refractivity (Wildman–Crippen MR) is 69.9 cm³/mol. The Labute approximate surface area is 104 Å². The molecule has 2 atom stereocenters. The summed E-state index contributed by atoms with van der Waals surface area (Å²) in [4.78, 5) is 2.54. The zero-order chi connectivity index (χ0) is 11.7. The molecule has 0 saturated carbocycles. The Hall–Kier alpha value is -0.600. The van der Waals surface area contributed by atoms with Gasteiger partial charge in [-0.2, -0.15) is 0 Å². The third-order valence-corrected chi connectivity index (χ3v) is 4.61. The number of hydrogen-bond donors (Lipinski definition) is 1. The van der Waals surface area contributed by atoms with Crippen LogP contribution >= 0.6 is 0 Å². The van der Waals surface area contributed by atoms with Crippen LogP contribution in [0.15, 0.2) is 23.3 Å². The molecule has 1 fully saturated rings. The molecule has 0 radical (unpaired) electrons. The Morgan fingerprint density at radius 2 is 1.59 bits per heavy atom. The van der Waals surface area contributed by atoms with E-state index in [2.05, 4.69) is 17.1 Å². The molecule has 94 valence electrons. The highest BCUT2D eigenvalue weighted by atomic mass is 16.3. The lowest BCUT2D eigenvalue weighted by molar-refractivity contribution is 0.0318. The molecule has 0 spiro atoms. The van der Waals surface area contributed by atoms with Crippen molar-refractivity contribution in [1.82, 2.24) is 4.90 Å². The summed E-state index contributed by atoms with van der Waals surface area (Å²) >= 11 is 0. The van der Waals surface area contributed by atoms with E-state index in [0.717, 1.165) is 25.7 Å². The SMILES string of the molecule is O[C@H]1CC2=C(CC=CC2)C[C@H]1N1CCCCC1. The van der Waals surface area contributed by atoms with Crippen LogP contribution in [0.1, 0.15) is 44.9 Å². The molecule has 0 bridgehead atoms. The molecule has 0 aromatic heterocycles. The molecule has 3 aliphatic rings. The molecule has 0 unspecified atom stereocenters. The van der Waals surface area contributed by atoms with Crippen LogP contribution in [0.2, 0.25) is 0 Å². The molecular weight excluding hydrogens is 210 g/mol. The second-order valence-electron chi connectivity index (χ2n) is 5.73. The summed E-state index contributed by atoms with van der Waals surface area (Å²) in [7, 11) is 0. The molecule has 1 heterocycles. The highest BCUT2D eigenvalue weighted by Gasteiger charge is 2.33. The summed E-state index contributed by atoms with van der Waals surface area (Å²) in [5, 5.41) is 10.4. The van der Waals surface area contributed by atoms with Crippen LogP contribution in [0.3, 0.4) is 0 Å². The van der Waals surface area contributed by atoms with Gasteiger partial charge in [-0.25, -0.2) is 0 Å². The molecule has 0 aromatic rings. The summed E-state index contributed by atoms with van der Waals surface area (Å²) < 4.78 is 0. The van der Waals surface area contributed by atoms with Crippen LogP contribution in [-0.4, -0.2) is 35.2 Å². The summed E-state index contributed by atoms with van der Waals surface area (Å²) in [6.07, 6.45) is 12.7. The number of aliphatic hydroxyl groups excluding tert-OH is 1. The molecule has 2 heteroatoms. The van der Waals surface area contributed by atoms with Crippen molar-refractivity contribution in [2.75, 3.05) is 13.1 Å². The highest BCUT2D eigenvalue weighted by Crippen LogP contribution is 2.35. The zero-order valence-electron chi connectivity index (χ0n) is 10.6. The molecule has 2 nitrogen and oxygen atoms in total. The number of piperidine rings is 1. The molecule has 0 aromatic carbocycles. The van der Waals surface area contributed by atoms with E-state index in [0.29, 0.717) is 6.04 Å². The van der Waals surface area contributed by atoms with Gasteiger partial charge in [0.25, 0.3) is 0 Å². The van der Waals surface area contributed by atoms with E-state index in [9.17, 15) is 5.11 Å². The van der Waals surface area contributed by atoms with Gasteiger partial charge >= 0.3 is 0 Å². The number of aliphatic hydroxyl groups is 1. The minimum Gasteiger partial charge on any atom is -0.391 e. The third-order valence-electron chi connectivity index (χ3n) is 4.61. The van der Waals surface area contributed by atoms with Crippen molar-refractivity contribution >= 4 is 0 Å². The van der Waals surface area contributed by atoms with Gasteiger partial charge in [0.2, 0.25) is 0 Å². The molecule has 1 aliphatic heterocycles. The second-order valence-corrected chi connectivity index (χ2v) is 5.73. The van der Waals surface area contributed by atoms with Crippen molar-refractivity contribution in [3.05, 3.63) is 23.3 Å². The fraction of sp³-hybridized carbons (Fsp3) is 0.733. The first-order valence-electron chi connectivity index (χ1n) is 7.11. The first-order chi connectivity index (χ1) is 8.34. The molecule has 0 amide bonds. The Morgan fingerprint density at radius 3 is 2.29 bits per heavy atom. The van der Waals surface area contributed by atoms with Gasteiger partial charge in [-0.3, -0.25) is 4.90 Å². The summed E-state index contributed by atoms with van der Waals surface area (Å²) in [5.41, 5.74) is 3.14. The van der Waals surface area contributed by atoms with Crippen molar-refractivity contribution in [3.8, 4) is 0 Å². The number of hydrogen-bond acceptors (Lipinski definition) is 2. The minimum atomic E-state index is -0.127. The predicted octanol–water partition coefficient (Wildman–Crippen LogP) is 2.64. The van der Waals surface area contributed by atoms with Crippen molar-refractivity contribution in [2.45, 2.75) is 57.1 Å². The number of nitrogens with zero attached hydrogens (tertiary/aromatic N) is 1. The zero-order valence-corrected chi connectivity index (χ0v) is 10.6. The van der Waals surface area contributed by atoms with Crippen LogP contribution in [-0.2, 0) is 0 Å². The van der Waals surface area contributed by atoms with Crippen molar-refractivity contribution in [3.63, 3.8) is 0 Å². The largest absolute Gasteiger partial charge is 0.391 e. The summed E-state index contributed by atoms with van der Waals surface area (Å²) in [6.45, 7) is 2.39. The molecule has 1 saturated heterocycles. The van der Waals surface area contributed by atoms with Gasteiger partial charge in [0.1, 0.15) is 0 Å². The van der Waals surface area contributed by atoms with Gasteiger partial charge in [0, 0.05) is 6.04 Å². The summed E-state index contributed by atoms with van der Waals surface area (Å²) in [6, 6.07) is 0.403. The smallest absolute Gasteiger partial charge is 0.0735 e. The van der Waals surface area contributed by atoms with E-state index in [1.54, 1.807) is 5.57 Å². The van der Waals surface area contributed by atoms with E-state index in [1.807, 2.05) is 0 Å². The Kier molecular flexibility index (Phi) is 3.34. The van der Waals surface area contributed by atoms with Crippen LogP contribution < -0.4 is 0 Å². The maximum Gasteiger partial charge on any atom is 0.0735 e. The molecule has 17 heavy (non-hydrogen) atoms. The van der Waals surface area contributed by atoms with Crippen molar-refractivity contribution in [1.29, 1.82) is 0 Å². The second kappa shape index (κ2) is 4.95. The molecule has 3 rings (SSSR count). The van der Waals surface area contributed by atoms with E-state index in [4.69, 9.17) is 0 Å². The Bertz CT molecular complexity index is 339. The lowest BCUT2D eigenvalue weighted by Crippen LogP contribution is -2.48. The third kappa shape index (κ3) is 2.34. The van der Waals surface area contributed by atoms with Gasteiger partial charge < -0.3 is 5.11 Å². The average Bonchev–Trinajstić information content (AvgIpc) is 2.39. The number of allylic oxidation sites excluding steroid dienone is 2. The van der Waals surface area contributed by atoms with Crippen LogP contribution in [0, 0.1) is 0 Å². The van der Waals surface area contributed by atoms with Crippen LogP contribution in [0.4, 0.5) is 0 Å². The minimum absolute atomic E-state index is 0.127. The average molecular weight is 233 g/mol. The molecule has 2 aliphatic carbocycles. The quantitative estimate of drug-likeness (QED) is 0.704. The molecule has 1 N–H and O–H groups in total. The first kappa shape index (κ1) is 11.5. The van der Waals surface area contributed by atoms with Gasteiger partial charge in [-0.05, 0) is 51.6 Å². The number of likely N-dealkylation sites (tertiary alicyclic amines) is 1. The lowest BCUT2D eigenvalue weighted by atomic mass is 9.80. The van der Waals surface area contributed by atoms with Crippen LogP contribution in [0.25, 0.3) is 0 Å². The highest BCUT2D eigenvalue weighted by molar-refractivity contribution is 5.28. The standard InChI is InChI=1S/C15H23NO/c17-15-11-13-7-3-2-6-12(13)10-14(15)16-8-4-1-5-9-16/h2-3,14-15,17H,1,4-11H2/t14-,15+/m1/s1. The first-order valence-corrected chi connectivity index (χ1v) is 7.11. The monoisotopic (exact) mass is 233 g/mol. The van der Waals surface area contributed by atoms with E-state index in [-0.39, 0.29) is 6.10 Å². The fourth-order valence-corrected chi connectivity index (χ4v) is 3.59. The molecular formula is C15H23NO. The fourth-order valence-electron chi connectivity index (χ4n) is 3.59. The van der Waals surface area contributed by atoms with Crippen molar-refractivity contribution in [2.24, 2.45) is 0 Å². The van der Waals surface area contributed by atoms with E-state index in [1.165, 1.54) is 37.9 Å². The van der Waals surface area contributed by atoms with Gasteiger partial charge in [-0.15, -0.1) is 0 Å². The Morgan fingerprint density at radius 1 is 0.941 bits per heavy atom. The Balaban J connectivity index is 1.72. The maximum atomic E-state index is 10.4. The normalized spacial score (nSPS) is 34.9. The van der Waals surface area contributed by atoms with Gasteiger partial charge in [0.15, 0.2) is 0 Å².